The third-order valence-electron chi connectivity index (χ3n) is 1.51. The van der Waals surface area contributed by atoms with E-state index in [1.807, 2.05) is 5.51 Å². The lowest BCUT2D eigenvalue weighted by molar-refractivity contribution is 0.851. The molecule has 1 aromatic rings. The van der Waals surface area contributed by atoms with E-state index in [9.17, 15) is 0 Å². The van der Waals surface area contributed by atoms with E-state index in [-0.39, 0.29) is 0 Å². The van der Waals surface area contributed by atoms with Crippen LogP contribution in [0.1, 0.15) is 13.8 Å². The van der Waals surface area contributed by atoms with Crippen LogP contribution in [0.2, 0.25) is 0 Å². The van der Waals surface area contributed by atoms with Crippen molar-refractivity contribution in [3.05, 3.63) is 10.9 Å². The van der Waals surface area contributed by atoms with Crippen LogP contribution in [0.4, 0.5) is 5.82 Å². The second-order valence-electron chi connectivity index (χ2n) is 2.02. The van der Waals surface area contributed by atoms with E-state index in [0.717, 1.165) is 18.9 Å². The number of anilines is 1. The lowest BCUT2D eigenvalue weighted by Gasteiger charge is -2.16. The van der Waals surface area contributed by atoms with Gasteiger partial charge in [-0.3, -0.25) is 0 Å². The Morgan fingerprint density at radius 2 is 2.20 bits per heavy atom. The van der Waals surface area contributed by atoms with Gasteiger partial charge in [-0.25, -0.2) is 4.98 Å². The zero-order chi connectivity index (χ0) is 7.40. The molecule has 3 heteroatoms. The molecule has 10 heavy (non-hydrogen) atoms. The van der Waals surface area contributed by atoms with Crippen LogP contribution in [0.25, 0.3) is 0 Å². The van der Waals surface area contributed by atoms with Crippen molar-refractivity contribution in [1.29, 1.82) is 0 Å². The molecule has 0 radical (unpaired) electrons. The van der Waals surface area contributed by atoms with Crippen molar-refractivity contribution in [3.63, 3.8) is 0 Å². The molecule has 1 heterocycles. The summed E-state index contributed by atoms with van der Waals surface area (Å²) in [6.45, 7) is 6.37. The fraction of sp³-hybridized carbons (Fsp3) is 0.571. The SMILES string of the molecule is CCN(CC)c1cscn1. The van der Waals surface area contributed by atoms with Crippen molar-refractivity contribution in [2.75, 3.05) is 18.0 Å². The van der Waals surface area contributed by atoms with Gasteiger partial charge in [0, 0.05) is 18.5 Å². The van der Waals surface area contributed by atoms with E-state index in [1.165, 1.54) is 0 Å². The van der Waals surface area contributed by atoms with Crippen molar-refractivity contribution < 1.29 is 0 Å². The molecule has 56 valence electrons. The molecule has 2 nitrogen and oxygen atoms in total. The van der Waals surface area contributed by atoms with Crippen molar-refractivity contribution in [1.82, 2.24) is 4.98 Å². The summed E-state index contributed by atoms with van der Waals surface area (Å²) in [4.78, 5) is 6.44. The van der Waals surface area contributed by atoms with Crippen molar-refractivity contribution in [2.45, 2.75) is 13.8 Å². The van der Waals surface area contributed by atoms with Gasteiger partial charge in [0.15, 0.2) is 0 Å². The topological polar surface area (TPSA) is 16.1 Å². The molecular formula is C7H12N2S. The summed E-state index contributed by atoms with van der Waals surface area (Å²) in [6, 6.07) is 0. The number of rotatable bonds is 3. The first-order valence-electron chi connectivity index (χ1n) is 3.51. The first kappa shape index (κ1) is 7.54. The zero-order valence-corrected chi connectivity index (χ0v) is 7.19. The molecule has 1 rings (SSSR count). The van der Waals surface area contributed by atoms with Gasteiger partial charge in [-0.15, -0.1) is 11.3 Å². The molecule has 0 bridgehead atoms. The highest BCUT2D eigenvalue weighted by molar-refractivity contribution is 7.07. The first-order chi connectivity index (χ1) is 4.88. The molecule has 0 saturated heterocycles. The third kappa shape index (κ3) is 1.48. The van der Waals surface area contributed by atoms with Gasteiger partial charge in [0.05, 0.1) is 5.51 Å². The molecule has 0 aromatic carbocycles. The molecule has 0 aliphatic carbocycles. The van der Waals surface area contributed by atoms with Gasteiger partial charge in [-0.2, -0.15) is 0 Å². The van der Waals surface area contributed by atoms with E-state index in [4.69, 9.17) is 0 Å². The third-order valence-corrected chi connectivity index (χ3v) is 2.08. The van der Waals surface area contributed by atoms with Crippen molar-refractivity contribution >= 4 is 17.2 Å². The van der Waals surface area contributed by atoms with Crippen LogP contribution in [0.15, 0.2) is 10.9 Å². The summed E-state index contributed by atoms with van der Waals surface area (Å²) in [6.07, 6.45) is 0. The Balaban J connectivity index is 2.64. The van der Waals surface area contributed by atoms with Crippen LogP contribution in [-0.2, 0) is 0 Å². The molecule has 0 aliphatic heterocycles. The second kappa shape index (κ2) is 3.56. The molecule has 0 saturated carbocycles. The summed E-state index contributed by atoms with van der Waals surface area (Å²) < 4.78 is 0. The maximum atomic E-state index is 4.20. The van der Waals surface area contributed by atoms with E-state index in [1.54, 1.807) is 11.3 Å². The number of hydrogen-bond acceptors (Lipinski definition) is 3. The van der Waals surface area contributed by atoms with Gasteiger partial charge in [-0.1, -0.05) is 0 Å². The maximum absolute atomic E-state index is 4.20. The van der Waals surface area contributed by atoms with Gasteiger partial charge in [0.1, 0.15) is 5.82 Å². The number of nitrogens with zero attached hydrogens (tertiary/aromatic N) is 2. The standard InChI is InChI=1S/C7H12N2S/c1-3-9(4-2)7-5-10-6-8-7/h5-6H,3-4H2,1-2H3. The van der Waals surface area contributed by atoms with Crippen molar-refractivity contribution in [2.24, 2.45) is 0 Å². The minimum absolute atomic E-state index is 1.04. The molecule has 0 unspecified atom stereocenters. The molecule has 0 amide bonds. The summed E-state index contributed by atoms with van der Waals surface area (Å²) >= 11 is 1.65. The predicted octanol–water partition coefficient (Wildman–Crippen LogP) is 1.99. The molecule has 0 fully saturated rings. The molecule has 0 N–H and O–H groups in total. The van der Waals surface area contributed by atoms with E-state index in [0.29, 0.717) is 0 Å². The fourth-order valence-corrected chi connectivity index (χ4v) is 1.47. The maximum Gasteiger partial charge on any atom is 0.139 e. The fourth-order valence-electron chi connectivity index (χ4n) is 0.910. The highest BCUT2D eigenvalue weighted by Crippen LogP contribution is 2.12. The molecular weight excluding hydrogens is 144 g/mol. The van der Waals surface area contributed by atoms with Gasteiger partial charge in [-0.05, 0) is 13.8 Å². The highest BCUT2D eigenvalue weighted by Gasteiger charge is 2.00. The lowest BCUT2D eigenvalue weighted by atomic mass is 10.5. The lowest BCUT2D eigenvalue weighted by Crippen LogP contribution is -2.21. The smallest absolute Gasteiger partial charge is 0.139 e. The summed E-state index contributed by atoms with van der Waals surface area (Å²) in [7, 11) is 0. The summed E-state index contributed by atoms with van der Waals surface area (Å²) in [5.74, 6) is 1.11. The molecule has 1 aromatic heterocycles. The van der Waals surface area contributed by atoms with Gasteiger partial charge in [0.25, 0.3) is 0 Å². The number of hydrogen-bond donors (Lipinski definition) is 0. The predicted molar refractivity (Wildman–Crippen MR) is 45.7 cm³/mol. The number of thiazole rings is 1. The quantitative estimate of drug-likeness (QED) is 0.665. The van der Waals surface area contributed by atoms with Crippen LogP contribution in [0.3, 0.4) is 0 Å². The average Bonchev–Trinajstić information content (AvgIpc) is 2.43. The molecule has 0 aliphatic rings. The number of aromatic nitrogens is 1. The monoisotopic (exact) mass is 156 g/mol. The second-order valence-corrected chi connectivity index (χ2v) is 2.74. The largest absolute Gasteiger partial charge is 0.356 e. The Morgan fingerprint density at radius 1 is 1.50 bits per heavy atom. The van der Waals surface area contributed by atoms with Crippen LogP contribution in [0.5, 0.6) is 0 Å². The van der Waals surface area contributed by atoms with Crippen LogP contribution in [0, 0.1) is 0 Å². The Kier molecular flexibility index (Phi) is 2.68. The Labute approximate surface area is 65.5 Å². The van der Waals surface area contributed by atoms with Crippen LogP contribution in [-0.4, -0.2) is 18.1 Å². The molecule has 0 atom stereocenters. The molecule has 0 spiro atoms. The van der Waals surface area contributed by atoms with Crippen LogP contribution < -0.4 is 4.90 Å². The van der Waals surface area contributed by atoms with E-state index in [2.05, 4.69) is 29.1 Å². The minimum Gasteiger partial charge on any atom is -0.356 e. The summed E-state index contributed by atoms with van der Waals surface area (Å²) in [5.41, 5.74) is 1.87. The highest BCUT2D eigenvalue weighted by atomic mass is 32.1. The normalized spacial score (nSPS) is 9.80. The van der Waals surface area contributed by atoms with Gasteiger partial charge < -0.3 is 4.90 Å². The average molecular weight is 156 g/mol. The summed E-state index contributed by atoms with van der Waals surface area (Å²) in [5, 5.41) is 2.08. The Hall–Kier alpha value is -0.570. The first-order valence-corrected chi connectivity index (χ1v) is 4.45. The Bertz CT molecular complexity index is 168. The van der Waals surface area contributed by atoms with E-state index < -0.39 is 0 Å². The van der Waals surface area contributed by atoms with Crippen molar-refractivity contribution in [3.8, 4) is 0 Å². The van der Waals surface area contributed by atoms with E-state index >= 15 is 0 Å². The van der Waals surface area contributed by atoms with Gasteiger partial charge in [0.2, 0.25) is 0 Å². The minimum atomic E-state index is 1.04. The van der Waals surface area contributed by atoms with Gasteiger partial charge >= 0.3 is 0 Å². The van der Waals surface area contributed by atoms with Crippen LogP contribution >= 0.6 is 11.3 Å². The zero-order valence-electron chi connectivity index (χ0n) is 6.37. The Morgan fingerprint density at radius 3 is 2.60 bits per heavy atom.